The molecular formula is C20H24N2O3. The SMILES string of the molecule is COc1cc(C)cc(C)c1CCNC(=O)c1cccc(NC(C)=O)c1. The first-order valence-electron chi connectivity index (χ1n) is 8.20. The molecule has 0 fully saturated rings. The van der Waals surface area contributed by atoms with E-state index in [2.05, 4.69) is 16.7 Å². The summed E-state index contributed by atoms with van der Waals surface area (Å²) >= 11 is 0. The predicted molar refractivity (Wildman–Crippen MR) is 99.3 cm³/mol. The maximum Gasteiger partial charge on any atom is 0.251 e. The van der Waals surface area contributed by atoms with Crippen molar-refractivity contribution in [3.63, 3.8) is 0 Å². The van der Waals surface area contributed by atoms with Gasteiger partial charge >= 0.3 is 0 Å². The minimum Gasteiger partial charge on any atom is -0.496 e. The summed E-state index contributed by atoms with van der Waals surface area (Å²) in [5.41, 5.74) is 4.52. The molecule has 2 aromatic rings. The van der Waals surface area contributed by atoms with E-state index in [1.165, 1.54) is 6.92 Å². The third-order valence-electron chi connectivity index (χ3n) is 3.90. The van der Waals surface area contributed by atoms with Crippen LogP contribution < -0.4 is 15.4 Å². The number of hydrogen-bond acceptors (Lipinski definition) is 3. The fraction of sp³-hybridized carbons (Fsp3) is 0.300. The fourth-order valence-electron chi connectivity index (χ4n) is 2.81. The van der Waals surface area contributed by atoms with Gasteiger partial charge in [0.05, 0.1) is 7.11 Å². The molecule has 5 heteroatoms. The van der Waals surface area contributed by atoms with E-state index >= 15 is 0 Å². The first-order valence-corrected chi connectivity index (χ1v) is 8.20. The zero-order valence-corrected chi connectivity index (χ0v) is 15.1. The number of methoxy groups -OCH3 is 1. The Balaban J connectivity index is 2.01. The monoisotopic (exact) mass is 340 g/mol. The highest BCUT2D eigenvalue weighted by atomic mass is 16.5. The molecule has 132 valence electrons. The summed E-state index contributed by atoms with van der Waals surface area (Å²) in [4.78, 5) is 23.4. The highest BCUT2D eigenvalue weighted by Gasteiger charge is 2.10. The topological polar surface area (TPSA) is 67.4 Å². The minimum absolute atomic E-state index is 0.167. The molecule has 0 saturated carbocycles. The molecular weight excluding hydrogens is 316 g/mol. The maximum atomic E-state index is 12.3. The number of hydrogen-bond donors (Lipinski definition) is 2. The summed E-state index contributed by atoms with van der Waals surface area (Å²) < 4.78 is 5.45. The highest BCUT2D eigenvalue weighted by Crippen LogP contribution is 2.24. The van der Waals surface area contributed by atoms with Crippen LogP contribution in [0.25, 0.3) is 0 Å². The Morgan fingerprint density at radius 2 is 1.88 bits per heavy atom. The van der Waals surface area contributed by atoms with Gasteiger partial charge in [-0.15, -0.1) is 0 Å². The van der Waals surface area contributed by atoms with Gasteiger partial charge in [-0.05, 0) is 61.2 Å². The second-order valence-electron chi connectivity index (χ2n) is 6.03. The molecule has 0 aliphatic rings. The third-order valence-corrected chi connectivity index (χ3v) is 3.90. The van der Waals surface area contributed by atoms with Crippen LogP contribution in [0.15, 0.2) is 36.4 Å². The Hall–Kier alpha value is -2.82. The van der Waals surface area contributed by atoms with Crippen LogP contribution in [0.2, 0.25) is 0 Å². The van der Waals surface area contributed by atoms with Gasteiger partial charge < -0.3 is 15.4 Å². The zero-order valence-electron chi connectivity index (χ0n) is 15.1. The van der Waals surface area contributed by atoms with Crippen molar-refractivity contribution >= 4 is 17.5 Å². The summed E-state index contributed by atoms with van der Waals surface area (Å²) in [6, 6.07) is 11.0. The molecule has 0 aliphatic heterocycles. The van der Waals surface area contributed by atoms with Crippen LogP contribution in [0.5, 0.6) is 5.75 Å². The van der Waals surface area contributed by atoms with Gasteiger partial charge in [-0.2, -0.15) is 0 Å². The largest absolute Gasteiger partial charge is 0.496 e. The molecule has 0 radical (unpaired) electrons. The second kappa shape index (κ2) is 8.33. The zero-order chi connectivity index (χ0) is 18.4. The number of anilines is 1. The molecule has 0 spiro atoms. The number of benzene rings is 2. The van der Waals surface area contributed by atoms with Gasteiger partial charge in [0, 0.05) is 24.7 Å². The van der Waals surface area contributed by atoms with Gasteiger partial charge in [-0.3, -0.25) is 9.59 Å². The van der Waals surface area contributed by atoms with Crippen LogP contribution in [0.1, 0.15) is 34.0 Å². The predicted octanol–water partition coefficient (Wildman–Crippen LogP) is 3.24. The third kappa shape index (κ3) is 5.08. The van der Waals surface area contributed by atoms with E-state index in [0.29, 0.717) is 24.2 Å². The van der Waals surface area contributed by atoms with Crippen LogP contribution in [0.3, 0.4) is 0 Å². The molecule has 0 saturated heterocycles. The van der Waals surface area contributed by atoms with E-state index in [0.717, 1.165) is 22.4 Å². The average molecular weight is 340 g/mol. The molecule has 0 aliphatic carbocycles. The van der Waals surface area contributed by atoms with Gasteiger partial charge in [-0.1, -0.05) is 12.1 Å². The lowest BCUT2D eigenvalue weighted by Crippen LogP contribution is -2.26. The molecule has 2 amide bonds. The van der Waals surface area contributed by atoms with Crippen molar-refractivity contribution in [1.29, 1.82) is 0 Å². The molecule has 2 aromatic carbocycles. The molecule has 0 unspecified atom stereocenters. The van der Waals surface area contributed by atoms with Crippen molar-refractivity contribution in [3.05, 3.63) is 58.7 Å². The molecule has 0 heterocycles. The number of rotatable bonds is 6. The lowest BCUT2D eigenvalue weighted by Gasteiger charge is -2.13. The van der Waals surface area contributed by atoms with Crippen molar-refractivity contribution in [3.8, 4) is 5.75 Å². The van der Waals surface area contributed by atoms with Gasteiger partial charge in [0.15, 0.2) is 0 Å². The van der Waals surface area contributed by atoms with Crippen molar-refractivity contribution < 1.29 is 14.3 Å². The summed E-state index contributed by atoms with van der Waals surface area (Å²) in [6.45, 7) is 6.01. The van der Waals surface area contributed by atoms with E-state index < -0.39 is 0 Å². The number of nitrogens with one attached hydrogen (secondary N) is 2. The molecule has 2 N–H and O–H groups in total. The van der Waals surface area contributed by atoms with E-state index in [1.807, 2.05) is 19.9 Å². The molecule has 2 rings (SSSR count). The summed E-state index contributed by atoms with van der Waals surface area (Å²) in [7, 11) is 1.66. The Morgan fingerprint density at radius 3 is 2.56 bits per heavy atom. The van der Waals surface area contributed by atoms with Gasteiger partial charge in [0.1, 0.15) is 5.75 Å². The normalized spacial score (nSPS) is 10.2. The van der Waals surface area contributed by atoms with Gasteiger partial charge in [0.2, 0.25) is 5.91 Å². The van der Waals surface area contributed by atoms with Crippen LogP contribution in [-0.4, -0.2) is 25.5 Å². The van der Waals surface area contributed by atoms with Gasteiger partial charge in [0.25, 0.3) is 5.91 Å². The lowest BCUT2D eigenvalue weighted by atomic mass is 10.0. The molecule has 25 heavy (non-hydrogen) atoms. The Labute approximate surface area is 148 Å². The average Bonchev–Trinajstić information content (AvgIpc) is 2.55. The quantitative estimate of drug-likeness (QED) is 0.848. The number of aryl methyl sites for hydroxylation is 2. The van der Waals surface area contributed by atoms with Crippen LogP contribution in [-0.2, 0) is 11.2 Å². The van der Waals surface area contributed by atoms with Gasteiger partial charge in [-0.25, -0.2) is 0 Å². The van der Waals surface area contributed by atoms with Crippen molar-refractivity contribution in [2.24, 2.45) is 0 Å². The first kappa shape index (κ1) is 18.5. The van der Waals surface area contributed by atoms with Crippen LogP contribution in [0, 0.1) is 13.8 Å². The van der Waals surface area contributed by atoms with E-state index in [1.54, 1.807) is 31.4 Å². The molecule has 0 bridgehead atoms. The maximum absolute atomic E-state index is 12.3. The molecule has 0 aromatic heterocycles. The Morgan fingerprint density at radius 1 is 1.12 bits per heavy atom. The minimum atomic E-state index is -0.170. The van der Waals surface area contributed by atoms with E-state index in [9.17, 15) is 9.59 Å². The Kier molecular flexibility index (Phi) is 6.17. The van der Waals surface area contributed by atoms with Crippen molar-refractivity contribution in [1.82, 2.24) is 5.32 Å². The standard InChI is InChI=1S/C20H24N2O3/c1-13-10-14(2)18(19(11-13)25-4)8-9-21-20(24)16-6-5-7-17(12-16)22-15(3)23/h5-7,10-12H,8-9H2,1-4H3,(H,21,24)(H,22,23). The second-order valence-corrected chi connectivity index (χ2v) is 6.03. The number of carbonyl (C=O) groups excluding carboxylic acids is 2. The van der Waals surface area contributed by atoms with Crippen molar-refractivity contribution in [2.45, 2.75) is 27.2 Å². The van der Waals surface area contributed by atoms with Crippen molar-refractivity contribution in [2.75, 3.05) is 19.0 Å². The summed E-state index contributed by atoms with van der Waals surface area (Å²) in [5.74, 6) is 0.509. The van der Waals surface area contributed by atoms with Crippen LogP contribution in [0.4, 0.5) is 5.69 Å². The number of amides is 2. The van der Waals surface area contributed by atoms with Crippen LogP contribution >= 0.6 is 0 Å². The summed E-state index contributed by atoms with van der Waals surface area (Å²) in [5, 5.41) is 5.59. The smallest absolute Gasteiger partial charge is 0.251 e. The lowest BCUT2D eigenvalue weighted by molar-refractivity contribution is -0.114. The van der Waals surface area contributed by atoms with E-state index in [4.69, 9.17) is 4.74 Å². The van der Waals surface area contributed by atoms with E-state index in [-0.39, 0.29) is 11.8 Å². The summed E-state index contributed by atoms with van der Waals surface area (Å²) in [6.07, 6.45) is 0.687. The number of ether oxygens (including phenoxy) is 1. The molecule has 0 atom stereocenters. The Bertz CT molecular complexity index is 785. The molecule has 5 nitrogen and oxygen atoms in total. The fourth-order valence-corrected chi connectivity index (χ4v) is 2.81. The first-order chi connectivity index (χ1) is 11.9. The number of carbonyl (C=O) groups is 2. The highest BCUT2D eigenvalue weighted by molar-refractivity contribution is 5.96.